The van der Waals surface area contributed by atoms with Gasteiger partial charge in [-0.3, -0.25) is 4.98 Å². The number of pyridine rings is 1. The van der Waals surface area contributed by atoms with E-state index < -0.39 is 11.8 Å². The number of urea groups is 1. The molecule has 126 valence electrons. The quantitative estimate of drug-likeness (QED) is 0.904. The number of anilines is 2. The number of hydrogen-bond acceptors (Lipinski definition) is 4. The van der Waals surface area contributed by atoms with Crippen LogP contribution < -0.4 is 20.3 Å². The molecular formula is C17H19FN4O2. The third kappa shape index (κ3) is 3.56. The first kappa shape index (κ1) is 16.0. The minimum Gasteiger partial charge on any atom is -0.495 e. The predicted molar refractivity (Wildman–Crippen MR) is 90.0 cm³/mol. The molecule has 6 nitrogen and oxygen atoms in total. The van der Waals surface area contributed by atoms with Gasteiger partial charge in [0.25, 0.3) is 0 Å². The van der Waals surface area contributed by atoms with Gasteiger partial charge in [-0.25, -0.2) is 9.18 Å². The van der Waals surface area contributed by atoms with Crippen molar-refractivity contribution >= 4 is 17.4 Å². The van der Waals surface area contributed by atoms with Gasteiger partial charge >= 0.3 is 6.03 Å². The summed E-state index contributed by atoms with van der Waals surface area (Å²) in [6, 6.07) is 8.77. The molecule has 0 spiro atoms. The van der Waals surface area contributed by atoms with Gasteiger partial charge in [0.2, 0.25) is 0 Å². The number of nitrogens with one attached hydrogen (secondary N) is 2. The van der Waals surface area contributed by atoms with E-state index in [0.717, 1.165) is 30.6 Å². The van der Waals surface area contributed by atoms with Crippen LogP contribution in [0.25, 0.3) is 0 Å². The molecule has 1 aliphatic heterocycles. The normalized spacial score (nSPS) is 16.8. The summed E-state index contributed by atoms with van der Waals surface area (Å²) in [4.78, 5) is 17.8. The number of halogens is 1. The fraction of sp³-hybridized carbons (Fsp3) is 0.294. The Labute approximate surface area is 139 Å². The molecule has 1 aromatic heterocycles. The molecule has 0 bridgehead atoms. The lowest BCUT2D eigenvalue weighted by atomic mass is 10.2. The summed E-state index contributed by atoms with van der Waals surface area (Å²) in [5.41, 5.74) is 1.12. The molecule has 3 rings (SSSR count). The predicted octanol–water partition coefficient (Wildman–Crippen LogP) is 2.63. The summed E-state index contributed by atoms with van der Waals surface area (Å²) < 4.78 is 18.9. The number of rotatable bonds is 4. The first-order valence-electron chi connectivity index (χ1n) is 7.72. The zero-order valence-electron chi connectivity index (χ0n) is 13.3. The maximum atomic E-state index is 13.5. The van der Waals surface area contributed by atoms with Gasteiger partial charge in [-0.2, -0.15) is 0 Å². The molecule has 0 radical (unpaired) electrons. The van der Waals surface area contributed by atoms with E-state index in [1.807, 2.05) is 24.3 Å². The van der Waals surface area contributed by atoms with E-state index in [4.69, 9.17) is 4.74 Å². The minimum absolute atomic E-state index is 0.0141. The van der Waals surface area contributed by atoms with Crippen LogP contribution >= 0.6 is 0 Å². The lowest BCUT2D eigenvalue weighted by Crippen LogP contribution is -2.39. The zero-order chi connectivity index (χ0) is 16.9. The van der Waals surface area contributed by atoms with E-state index in [0.29, 0.717) is 6.54 Å². The van der Waals surface area contributed by atoms with E-state index in [2.05, 4.69) is 20.5 Å². The van der Waals surface area contributed by atoms with Crippen LogP contribution in [0.2, 0.25) is 0 Å². The molecule has 2 heterocycles. The van der Waals surface area contributed by atoms with Gasteiger partial charge in [-0.05, 0) is 24.6 Å². The highest BCUT2D eigenvalue weighted by molar-refractivity contribution is 5.89. The van der Waals surface area contributed by atoms with E-state index in [1.165, 1.54) is 12.3 Å². The number of nitrogens with zero attached hydrogens (tertiary/aromatic N) is 2. The Balaban J connectivity index is 1.58. The summed E-state index contributed by atoms with van der Waals surface area (Å²) >= 11 is 0. The average molecular weight is 330 g/mol. The smallest absolute Gasteiger partial charge is 0.319 e. The number of aromatic nitrogens is 1. The van der Waals surface area contributed by atoms with Crippen LogP contribution in [0.1, 0.15) is 6.42 Å². The average Bonchev–Trinajstić information content (AvgIpc) is 3.05. The fourth-order valence-corrected chi connectivity index (χ4v) is 2.81. The van der Waals surface area contributed by atoms with Crippen LogP contribution in [0, 0.1) is 5.82 Å². The highest BCUT2D eigenvalue weighted by atomic mass is 19.1. The van der Waals surface area contributed by atoms with Crippen molar-refractivity contribution in [2.24, 2.45) is 0 Å². The monoisotopic (exact) mass is 330 g/mol. The highest BCUT2D eigenvalue weighted by Gasteiger charge is 2.25. The third-order valence-corrected chi connectivity index (χ3v) is 3.97. The maximum Gasteiger partial charge on any atom is 0.319 e. The number of carbonyl (C=O) groups excluding carboxylic acids is 1. The molecule has 24 heavy (non-hydrogen) atoms. The van der Waals surface area contributed by atoms with Crippen LogP contribution in [-0.2, 0) is 0 Å². The molecule has 2 aromatic rings. The molecule has 1 unspecified atom stereocenters. The molecule has 1 aliphatic rings. The van der Waals surface area contributed by atoms with E-state index in [1.54, 1.807) is 7.11 Å². The van der Waals surface area contributed by atoms with E-state index >= 15 is 0 Å². The minimum atomic E-state index is -0.560. The van der Waals surface area contributed by atoms with Crippen molar-refractivity contribution in [3.8, 4) is 5.75 Å². The van der Waals surface area contributed by atoms with Gasteiger partial charge in [0.1, 0.15) is 5.75 Å². The lowest BCUT2D eigenvalue weighted by molar-refractivity contribution is 0.249. The third-order valence-electron chi connectivity index (χ3n) is 3.97. The summed E-state index contributed by atoms with van der Waals surface area (Å²) in [6.07, 6.45) is 3.30. The van der Waals surface area contributed by atoms with Gasteiger partial charge in [-0.1, -0.05) is 12.1 Å². The van der Waals surface area contributed by atoms with Gasteiger partial charge in [-0.15, -0.1) is 0 Å². The second-order valence-electron chi connectivity index (χ2n) is 5.56. The SMILES string of the molecule is COc1ccccc1N1CCC(NC(=O)Nc2ccncc2F)C1. The summed E-state index contributed by atoms with van der Waals surface area (Å²) in [6.45, 7) is 1.49. The summed E-state index contributed by atoms with van der Waals surface area (Å²) in [5, 5.41) is 5.38. The Hall–Kier alpha value is -2.83. The fourth-order valence-electron chi connectivity index (χ4n) is 2.81. The van der Waals surface area contributed by atoms with Crippen LogP contribution in [0.4, 0.5) is 20.6 Å². The van der Waals surface area contributed by atoms with E-state index in [-0.39, 0.29) is 11.7 Å². The van der Waals surface area contributed by atoms with Gasteiger partial charge in [0, 0.05) is 25.3 Å². The topological polar surface area (TPSA) is 66.5 Å². The summed E-state index contributed by atoms with van der Waals surface area (Å²) in [5.74, 6) is 0.246. The molecule has 2 N–H and O–H groups in total. The molecule has 1 atom stereocenters. The Morgan fingerprint density at radius 3 is 3.00 bits per heavy atom. The largest absolute Gasteiger partial charge is 0.495 e. The number of benzene rings is 1. The van der Waals surface area contributed by atoms with Crippen molar-refractivity contribution in [1.82, 2.24) is 10.3 Å². The molecule has 1 aromatic carbocycles. The van der Waals surface area contributed by atoms with Crippen molar-refractivity contribution in [3.63, 3.8) is 0 Å². The van der Waals surface area contributed by atoms with E-state index in [9.17, 15) is 9.18 Å². The maximum absolute atomic E-state index is 13.5. The lowest BCUT2D eigenvalue weighted by Gasteiger charge is -2.21. The standard InChI is InChI=1S/C17H19FN4O2/c1-24-16-5-3-2-4-15(16)22-9-7-12(11-22)20-17(23)21-14-6-8-19-10-13(14)18/h2-6,8,10,12H,7,9,11H2,1H3,(H2,19,20,21,23). The van der Waals surface area contributed by atoms with Crippen molar-refractivity contribution in [1.29, 1.82) is 0 Å². The Morgan fingerprint density at radius 1 is 1.38 bits per heavy atom. The first-order chi connectivity index (χ1) is 11.7. The van der Waals surface area contributed by atoms with Crippen LogP contribution in [0.15, 0.2) is 42.7 Å². The van der Waals surface area contributed by atoms with Gasteiger partial charge in [0.15, 0.2) is 5.82 Å². The number of methoxy groups -OCH3 is 1. The van der Waals surface area contributed by atoms with Crippen molar-refractivity contribution in [2.75, 3.05) is 30.4 Å². The van der Waals surface area contributed by atoms with Crippen LogP contribution in [0.5, 0.6) is 5.75 Å². The molecule has 0 aliphatic carbocycles. The summed E-state index contributed by atoms with van der Waals surface area (Å²) in [7, 11) is 1.64. The number of hydrogen-bond donors (Lipinski definition) is 2. The number of carbonyl (C=O) groups is 1. The molecule has 7 heteroatoms. The first-order valence-corrected chi connectivity index (χ1v) is 7.72. The van der Waals surface area contributed by atoms with Crippen molar-refractivity contribution in [3.05, 3.63) is 48.5 Å². The Morgan fingerprint density at radius 2 is 2.21 bits per heavy atom. The Kier molecular flexibility index (Phi) is 4.79. The van der Waals surface area contributed by atoms with Gasteiger partial charge in [0.05, 0.1) is 24.7 Å². The zero-order valence-corrected chi connectivity index (χ0v) is 13.3. The highest BCUT2D eigenvalue weighted by Crippen LogP contribution is 2.30. The molecule has 1 saturated heterocycles. The van der Waals surface area contributed by atoms with Gasteiger partial charge < -0.3 is 20.3 Å². The Bertz CT molecular complexity index is 725. The van der Waals surface area contributed by atoms with Crippen molar-refractivity contribution in [2.45, 2.75) is 12.5 Å². The molecule has 1 fully saturated rings. The second-order valence-corrected chi connectivity index (χ2v) is 5.56. The number of ether oxygens (including phenoxy) is 1. The second kappa shape index (κ2) is 7.16. The van der Waals surface area contributed by atoms with Crippen molar-refractivity contribution < 1.29 is 13.9 Å². The molecule has 2 amide bonds. The number of para-hydroxylation sites is 2. The number of amides is 2. The molecular weight excluding hydrogens is 311 g/mol. The molecule has 0 saturated carbocycles. The van der Waals surface area contributed by atoms with Crippen LogP contribution in [0.3, 0.4) is 0 Å². The van der Waals surface area contributed by atoms with Crippen LogP contribution in [-0.4, -0.2) is 37.3 Å².